The van der Waals surface area contributed by atoms with Crippen molar-refractivity contribution in [2.75, 3.05) is 32.9 Å². The second-order valence-corrected chi connectivity index (χ2v) is 5.87. The van der Waals surface area contributed by atoms with Crippen LogP contribution in [0.15, 0.2) is 12.1 Å². The van der Waals surface area contributed by atoms with E-state index in [1.54, 1.807) is 0 Å². The lowest BCUT2D eigenvalue weighted by molar-refractivity contribution is -0.138. The Morgan fingerprint density at radius 2 is 1.91 bits per heavy atom. The fraction of sp³-hybridized carbons (Fsp3) is 0.533. The first kappa shape index (κ1) is 17.4. The number of carbonyl (C=O) groups is 1. The topological polar surface area (TPSA) is 69.8 Å². The van der Waals surface area contributed by atoms with E-state index < -0.39 is 29.0 Å². The summed E-state index contributed by atoms with van der Waals surface area (Å²) in [6, 6.07) is 1.51. The SMILES string of the molecule is CN1CCC(N(C)C(=O)c2c(C(F)(F)F)ccc(N)c2O)CC1. The summed E-state index contributed by atoms with van der Waals surface area (Å²) in [5.74, 6) is -1.68. The third-order valence-electron chi connectivity index (χ3n) is 4.28. The molecule has 1 aliphatic heterocycles. The average Bonchev–Trinajstić information content (AvgIpc) is 2.48. The molecule has 23 heavy (non-hydrogen) atoms. The number of phenols is 1. The highest BCUT2D eigenvalue weighted by atomic mass is 19.4. The number of hydrogen-bond acceptors (Lipinski definition) is 4. The summed E-state index contributed by atoms with van der Waals surface area (Å²) in [5, 5.41) is 9.92. The minimum atomic E-state index is -4.75. The molecule has 2 rings (SSSR count). The number of piperidine rings is 1. The molecule has 0 spiro atoms. The summed E-state index contributed by atoms with van der Waals surface area (Å²) >= 11 is 0. The van der Waals surface area contributed by atoms with Crippen LogP contribution in [-0.4, -0.2) is 54.0 Å². The number of anilines is 1. The fourth-order valence-corrected chi connectivity index (χ4v) is 2.78. The Kier molecular flexibility index (Phi) is 4.74. The number of alkyl halides is 3. The van der Waals surface area contributed by atoms with Crippen molar-refractivity contribution < 1.29 is 23.1 Å². The molecule has 1 aromatic carbocycles. The Bertz CT molecular complexity index is 596. The number of amides is 1. The summed E-state index contributed by atoms with van der Waals surface area (Å²) in [7, 11) is 3.41. The molecule has 0 saturated carbocycles. The minimum absolute atomic E-state index is 0.166. The number of likely N-dealkylation sites (tertiary alicyclic amines) is 1. The predicted octanol–water partition coefficient (Wildman–Crippen LogP) is 2.16. The molecule has 8 heteroatoms. The molecule has 5 nitrogen and oxygen atoms in total. The number of phenolic OH excluding ortho intramolecular Hbond substituents is 1. The maximum atomic E-state index is 13.1. The third-order valence-corrected chi connectivity index (χ3v) is 4.28. The Morgan fingerprint density at radius 1 is 1.35 bits per heavy atom. The molecule has 0 aliphatic carbocycles. The molecule has 0 atom stereocenters. The number of nitrogens with two attached hydrogens (primary N) is 1. The van der Waals surface area contributed by atoms with Crippen molar-refractivity contribution in [1.82, 2.24) is 9.80 Å². The van der Waals surface area contributed by atoms with Crippen LogP contribution in [-0.2, 0) is 6.18 Å². The van der Waals surface area contributed by atoms with Crippen molar-refractivity contribution in [3.63, 3.8) is 0 Å². The van der Waals surface area contributed by atoms with Gasteiger partial charge in [0.15, 0.2) is 5.75 Å². The van der Waals surface area contributed by atoms with E-state index in [4.69, 9.17) is 5.73 Å². The number of rotatable bonds is 2. The predicted molar refractivity (Wildman–Crippen MR) is 80.1 cm³/mol. The van der Waals surface area contributed by atoms with E-state index in [0.717, 1.165) is 25.2 Å². The number of hydrogen-bond donors (Lipinski definition) is 2. The van der Waals surface area contributed by atoms with Gasteiger partial charge in [0.25, 0.3) is 5.91 Å². The standard InChI is InChI=1S/C15H20F3N3O2/c1-20-7-5-9(6-8-20)21(2)14(23)12-10(15(16,17)18)3-4-11(19)13(12)22/h3-4,9,22H,5-8,19H2,1-2H3. The van der Waals surface area contributed by atoms with Gasteiger partial charge >= 0.3 is 6.18 Å². The molecule has 1 aliphatic rings. The first-order valence-corrected chi connectivity index (χ1v) is 7.27. The molecule has 1 aromatic rings. The molecule has 3 N–H and O–H groups in total. The zero-order valence-corrected chi connectivity index (χ0v) is 13.0. The molecule has 1 heterocycles. The van der Waals surface area contributed by atoms with Crippen molar-refractivity contribution in [3.05, 3.63) is 23.3 Å². The Labute approximate surface area is 132 Å². The largest absolute Gasteiger partial charge is 0.505 e. The van der Waals surface area contributed by atoms with Gasteiger partial charge in [0.05, 0.1) is 16.8 Å². The summed E-state index contributed by atoms with van der Waals surface area (Å²) in [6.07, 6.45) is -3.41. The number of carbonyl (C=O) groups excluding carboxylic acids is 1. The smallest absolute Gasteiger partial charge is 0.417 e. The third kappa shape index (κ3) is 3.52. The Morgan fingerprint density at radius 3 is 2.43 bits per heavy atom. The highest BCUT2D eigenvalue weighted by Crippen LogP contribution is 2.39. The van der Waals surface area contributed by atoms with Gasteiger partial charge in [0.1, 0.15) is 0 Å². The van der Waals surface area contributed by atoms with Crippen molar-refractivity contribution >= 4 is 11.6 Å². The molecule has 1 saturated heterocycles. The monoisotopic (exact) mass is 331 g/mol. The lowest BCUT2D eigenvalue weighted by Gasteiger charge is -2.35. The lowest BCUT2D eigenvalue weighted by Crippen LogP contribution is -2.44. The molecule has 0 radical (unpaired) electrons. The average molecular weight is 331 g/mol. The molecule has 0 aromatic heterocycles. The summed E-state index contributed by atoms with van der Waals surface area (Å²) in [4.78, 5) is 15.9. The van der Waals surface area contributed by atoms with Gasteiger partial charge < -0.3 is 20.6 Å². The molecule has 1 fully saturated rings. The van der Waals surface area contributed by atoms with Gasteiger partial charge in [-0.2, -0.15) is 13.2 Å². The first-order chi connectivity index (χ1) is 10.6. The van der Waals surface area contributed by atoms with E-state index in [0.29, 0.717) is 12.8 Å². The van der Waals surface area contributed by atoms with Gasteiger partial charge in [-0.1, -0.05) is 0 Å². The molecule has 0 unspecified atom stereocenters. The zero-order valence-electron chi connectivity index (χ0n) is 13.0. The molecular weight excluding hydrogens is 311 g/mol. The number of nitrogen functional groups attached to an aromatic ring is 1. The normalized spacial score (nSPS) is 17.3. The highest BCUT2D eigenvalue weighted by molar-refractivity contribution is 6.00. The zero-order chi connectivity index (χ0) is 17.4. The van der Waals surface area contributed by atoms with Crippen LogP contribution in [0.3, 0.4) is 0 Å². The van der Waals surface area contributed by atoms with Crippen LogP contribution in [0.1, 0.15) is 28.8 Å². The van der Waals surface area contributed by atoms with Crippen LogP contribution in [0.2, 0.25) is 0 Å². The summed E-state index contributed by atoms with van der Waals surface area (Å²) in [5.41, 5.74) is 3.27. The lowest BCUT2D eigenvalue weighted by atomic mass is 9.99. The number of nitrogens with zero attached hydrogens (tertiary/aromatic N) is 2. The quantitative estimate of drug-likeness (QED) is 0.644. The van der Waals surface area contributed by atoms with Crippen molar-refractivity contribution in [3.8, 4) is 5.75 Å². The van der Waals surface area contributed by atoms with E-state index in [-0.39, 0.29) is 11.7 Å². The van der Waals surface area contributed by atoms with E-state index in [2.05, 4.69) is 4.90 Å². The van der Waals surface area contributed by atoms with Gasteiger partial charge in [-0.25, -0.2) is 0 Å². The number of aromatic hydroxyl groups is 1. The van der Waals surface area contributed by atoms with Crippen molar-refractivity contribution in [1.29, 1.82) is 0 Å². The Hall–Kier alpha value is -1.96. The van der Waals surface area contributed by atoms with Crippen LogP contribution in [0, 0.1) is 0 Å². The Balaban J connectivity index is 2.36. The van der Waals surface area contributed by atoms with Gasteiger partial charge in [-0.15, -0.1) is 0 Å². The van der Waals surface area contributed by atoms with E-state index in [1.165, 1.54) is 11.9 Å². The van der Waals surface area contributed by atoms with E-state index >= 15 is 0 Å². The van der Waals surface area contributed by atoms with Gasteiger partial charge in [-0.05, 0) is 45.1 Å². The van der Waals surface area contributed by atoms with Crippen LogP contribution >= 0.6 is 0 Å². The minimum Gasteiger partial charge on any atom is -0.505 e. The molecule has 1 amide bonds. The maximum Gasteiger partial charge on any atom is 0.417 e. The van der Waals surface area contributed by atoms with Crippen LogP contribution < -0.4 is 5.73 Å². The summed E-state index contributed by atoms with van der Waals surface area (Å²) in [6.45, 7) is 1.52. The second-order valence-electron chi connectivity index (χ2n) is 5.87. The number of halogens is 3. The van der Waals surface area contributed by atoms with Crippen LogP contribution in [0.25, 0.3) is 0 Å². The molecule has 128 valence electrons. The van der Waals surface area contributed by atoms with Gasteiger partial charge in [-0.3, -0.25) is 4.79 Å². The fourth-order valence-electron chi connectivity index (χ4n) is 2.78. The summed E-state index contributed by atoms with van der Waals surface area (Å²) < 4.78 is 39.4. The second kappa shape index (κ2) is 6.27. The van der Waals surface area contributed by atoms with Crippen molar-refractivity contribution in [2.45, 2.75) is 25.1 Å². The van der Waals surface area contributed by atoms with E-state index in [1.807, 2.05) is 7.05 Å². The number of benzene rings is 1. The molecule has 0 bridgehead atoms. The highest BCUT2D eigenvalue weighted by Gasteiger charge is 2.39. The van der Waals surface area contributed by atoms with Crippen molar-refractivity contribution in [2.24, 2.45) is 0 Å². The van der Waals surface area contributed by atoms with Crippen LogP contribution in [0.4, 0.5) is 18.9 Å². The van der Waals surface area contributed by atoms with Gasteiger partial charge in [0.2, 0.25) is 0 Å². The first-order valence-electron chi connectivity index (χ1n) is 7.27. The van der Waals surface area contributed by atoms with E-state index in [9.17, 15) is 23.1 Å². The molecular formula is C15H20F3N3O2. The van der Waals surface area contributed by atoms with Gasteiger partial charge in [0, 0.05) is 13.1 Å². The van der Waals surface area contributed by atoms with Crippen LogP contribution in [0.5, 0.6) is 5.75 Å². The maximum absolute atomic E-state index is 13.1.